The molecule has 0 radical (unpaired) electrons. The van der Waals surface area contributed by atoms with Gasteiger partial charge in [-0.25, -0.2) is 0 Å². The standard InChI is InChI=1S/C18H23NO2/c1-13-5-4-7-14(9-13)17(20)18(11-19)10-15-6-2-3-8-16(15)21-12-18/h2-3,6,8,13-14,17,20H,4-5,7,9-10,12H2,1H3. The maximum Gasteiger partial charge on any atom is 0.122 e. The van der Waals surface area contributed by atoms with Crippen LogP contribution in [0.3, 0.4) is 0 Å². The van der Waals surface area contributed by atoms with Crippen LogP contribution in [0.15, 0.2) is 24.3 Å². The molecule has 1 fully saturated rings. The topological polar surface area (TPSA) is 53.2 Å². The number of nitriles is 1. The predicted octanol–water partition coefficient (Wildman–Crippen LogP) is 3.32. The molecule has 3 heteroatoms. The van der Waals surface area contributed by atoms with Crippen LogP contribution in [0, 0.1) is 28.6 Å². The lowest BCUT2D eigenvalue weighted by Crippen LogP contribution is -2.48. The van der Waals surface area contributed by atoms with Gasteiger partial charge < -0.3 is 9.84 Å². The highest BCUT2D eigenvalue weighted by atomic mass is 16.5. The molecular formula is C18H23NO2. The highest BCUT2D eigenvalue weighted by Gasteiger charge is 2.46. The molecule has 112 valence electrons. The Morgan fingerprint density at radius 3 is 2.95 bits per heavy atom. The van der Waals surface area contributed by atoms with E-state index in [-0.39, 0.29) is 5.92 Å². The second-order valence-electron chi connectivity index (χ2n) is 6.82. The van der Waals surface area contributed by atoms with Crippen LogP contribution in [0.5, 0.6) is 5.75 Å². The quantitative estimate of drug-likeness (QED) is 0.907. The second kappa shape index (κ2) is 5.69. The van der Waals surface area contributed by atoms with E-state index in [2.05, 4.69) is 13.0 Å². The summed E-state index contributed by atoms with van der Waals surface area (Å²) in [6.45, 7) is 2.54. The van der Waals surface area contributed by atoms with Crippen molar-refractivity contribution in [3.05, 3.63) is 29.8 Å². The van der Waals surface area contributed by atoms with Gasteiger partial charge in [0.2, 0.25) is 0 Å². The van der Waals surface area contributed by atoms with Crippen molar-refractivity contribution in [1.82, 2.24) is 0 Å². The summed E-state index contributed by atoms with van der Waals surface area (Å²) in [7, 11) is 0. The van der Waals surface area contributed by atoms with Crippen LogP contribution >= 0.6 is 0 Å². The molecule has 3 rings (SSSR count). The number of aliphatic hydroxyl groups excluding tert-OH is 1. The van der Waals surface area contributed by atoms with Gasteiger partial charge in [0.25, 0.3) is 0 Å². The lowest BCUT2D eigenvalue weighted by Gasteiger charge is -2.41. The van der Waals surface area contributed by atoms with Crippen LogP contribution in [-0.2, 0) is 6.42 Å². The number of aliphatic hydroxyl groups is 1. The summed E-state index contributed by atoms with van der Waals surface area (Å²) >= 11 is 0. The minimum Gasteiger partial charge on any atom is -0.492 e. The SMILES string of the molecule is CC1CCCC(C(O)C2(C#N)COc3ccccc3C2)C1. The van der Waals surface area contributed by atoms with E-state index in [9.17, 15) is 10.4 Å². The van der Waals surface area contributed by atoms with Crippen molar-refractivity contribution in [1.29, 1.82) is 5.26 Å². The summed E-state index contributed by atoms with van der Waals surface area (Å²) in [5.41, 5.74) is 0.240. The van der Waals surface area contributed by atoms with Crippen molar-refractivity contribution < 1.29 is 9.84 Å². The van der Waals surface area contributed by atoms with Gasteiger partial charge in [0.05, 0.1) is 12.2 Å². The van der Waals surface area contributed by atoms with E-state index in [1.807, 2.05) is 24.3 Å². The van der Waals surface area contributed by atoms with Gasteiger partial charge in [-0.3, -0.25) is 0 Å². The van der Waals surface area contributed by atoms with Crippen molar-refractivity contribution in [2.24, 2.45) is 17.3 Å². The third-order valence-electron chi connectivity index (χ3n) is 5.18. The maximum atomic E-state index is 10.9. The van der Waals surface area contributed by atoms with Gasteiger partial charge in [-0.05, 0) is 36.3 Å². The summed E-state index contributed by atoms with van der Waals surface area (Å²) in [6, 6.07) is 10.2. The van der Waals surface area contributed by atoms with Gasteiger partial charge in [0.15, 0.2) is 0 Å². The van der Waals surface area contributed by atoms with Crippen molar-refractivity contribution in [2.75, 3.05) is 6.61 Å². The van der Waals surface area contributed by atoms with Crippen LogP contribution < -0.4 is 4.74 Å². The zero-order chi connectivity index (χ0) is 14.9. The van der Waals surface area contributed by atoms with Crippen LogP contribution in [0.25, 0.3) is 0 Å². The smallest absolute Gasteiger partial charge is 0.122 e. The summed E-state index contributed by atoms with van der Waals surface area (Å²) in [4.78, 5) is 0. The Morgan fingerprint density at radius 2 is 2.19 bits per heavy atom. The molecule has 1 aromatic carbocycles. The fraction of sp³-hybridized carbons (Fsp3) is 0.611. The van der Waals surface area contributed by atoms with E-state index in [0.29, 0.717) is 18.9 Å². The molecule has 0 bridgehead atoms. The molecule has 1 saturated carbocycles. The zero-order valence-corrected chi connectivity index (χ0v) is 12.6. The summed E-state index contributed by atoms with van der Waals surface area (Å²) in [5.74, 6) is 1.72. The number of ether oxygens (including phenoxy) is 1. The molecule has 0 aromatic heterocycles. The zero-order valence-electron chi connectivity index (χ0n) is 12.6. The van der Waals surface area contributed by atoms with E-state index in [4.69, 9.17) is 4.74 Å². The third-order valence-corrected chi connectivity index (χ3v) is 5.18. The predicted molar refractivity (Wildman–Crippen MR) is 80.8 cm³/mol. The fourth-order valence-corrected chi connectivity index (χ4v) is 3.93. The molecule has 4 atom stereocenters. The van der Waals surface area contributed by atoms with Crippen LogP contribution in [0.2, 0.25) is 0 Å². The number of hydrogen-bond acceptors (Lipinski definition) is 3. The Balaban J connectivity index is 1.83. The number of para-hydroxylation sites is 1. The highest BCUT2D eigenvalue weighted by molar-refractivity contribution is 5.38. The molecule has 21 heavy (non-hydrogen) atoms. The molecule has 0 spiro atoms. The lowest BCUT2D eigenvalue weighted by atomic mass is 9.68. The second-order valence-corrected chi connectivity index (χ2v) is 6.82. The average molecular weight is 285 g/mol. The van der Waals surface area contributed by atoms with Gasteiger partial charge in [-0.15, -0.1) is 0 Å². The Hall–Kier alpha value is -1.53. The molecule has 1 aromatic rings. The third kappa shape index (κ3) is 2.65. The molecule has 3 nitrogen and oxygen atoms in total. The van der Waals surface area contributed by atoms with Crippen LogP contribution in [0.1, 0.15) is 38.2 Å². The monoisotopic (exact) mass is 285 g/mol. The molecule has 1 aliphatic carbocycles. The molecule has 1 heterocycles. The lowest BCUT2D eigenvalue weighted by molar-refractivity contribution is -0.0353. The first kappa shape index (κ1) is 14.4. The van der Waals surface area contributed by atoms with Gasteiger partial charge in [-0.1, -0.05) is 38.0 Å². The molecule has 0 amide bonds. The van der Waals surface area contributed by atoms with Crippen LogP contribution in [0.4, 0.5) is 0 Å². The van der Waals surface area contributed by atoms with E-state index in [1.165, 1.54) is 6.42 Å². The van der Waals surface area contributed by atoms with Crippen molar-refractivity contribution in [2.45, 2.75) is 45.1 Å². The minimum absolute atomic E-state index is 0.224. The summed E-state index contributed by atoms with van der Waals surface area (Å²) in [5, 5.41) is 20.6. The Bertz CT molecular complexity index is 550. The minimum atomic E-state index is -0.796. The van der Waals surface area contributed by atoms with Gasteiger partial charge in [0.1, 0.15) is 17.8 Å². The van der Waals surface area contributed by atoms with E-state index >= 15 is 0 Å². The fourth-order valence-electron chi connectivity index (χ4n) is 3.93. The van der Waals surface area contributed by atoms with Crippen molar-refractivity contribution in [3.63, 3.8) is 0 Å². The van der Waals surface area contributed by atoms with Gasteiger partial charge in [0, 0.05) is 6.42 Å². The molecular weight excluding hydrogens is 262 g/mol. The van der Waals surface area contributed by atoms with E-state index < -0.39 is 11.5 Å². The molecule has 1 aliphatic heterocycles. The van der Waals surface area contributed by atoms with Gasteiger partial charge >= 0.3 is 0 Å². The Kier molecular flexibility index (Phi) is 3.91. The van der Waals surface area contributed by atoms with E-state index in [1.54, 1.807) is 0 Å². The van der Waals surface area contributed by atoms with Crippen LogP contribution in [-0.4, -0.2) is 17.8 Å². The van der Waals surface area contributed by atoms with Gasteiger partial charge in [-0.2, -0.15) is 5.26 Å². The summed E-state index contributed by atoms with van der Waals surface area (Å²) in [6.07, 6.45) is 4.43. The Labute approximate surface area is 126 Å². The number of rotatable bonds is 2. The first-order valence-corrected chi connectivity index (χ1v) is 7.94. The van der Waals surface area contributed by atoms with E-state index in [0.717, 1.165) is 30.6 Å². The number of nitrogens with zero attached hydrogens (tertiary/aromatic N) is 1. The van der Waals surface area contributed by atoms with Crippen molar-refractivity contribution >= 4 is 0 Å². The molecule has 1 N–H and O–H groups in total. The average Bonchev–Trinajstić information content (AvgIpc) is 2.53. The molecule has 2 aliphatic rings. The number of fused-ring (bicyclic) bond motifs is 1. The number of benzene rings is 1. The largest absolute Gasteiger partial charge is 0.492 e. The highest BCUT2D eigenvalue weighted by Crippen LogP contribution is 2.42. The summed E-state index contributed by atoms with van der Waals surface area (Å²) < 4.78 is 5.79. The molecule has 0 saturated heterocycles. The van der Waals surface area contributed by atoms with Crippen molar-refractivity contribution in [3.8, 4) is 11.8 Å². The Morgan fingerprint density at radius 1 is 1.38 bits per heavy atom. The molecule has 4 unspecified atom stereocenters. The first-order valence-electron chi connectivity index (χ1n) is 7.94. The maximum absolute atomic E-state index is 10.9. The first-order chi connectivity index (χ1) is 10.1. The number of hydrogen-bond donors (Lipinski definition) is 1. The normalized spacial score (nSPS) is 33.4.